The Balaban J connectivity index is 1.94. The predicted octanol–water partition coefficient (Wildman–Crippen LogP) is 3.62. The van der Waals surface area contributed by atoms with Gasteiger partial charge in [0, 0.05) is 4.47 Å². The Bertz CT molecular complexity index is 441. The molecule has 84 valence electrons. The Morgan fingerprint density at radius 1 is 1.25 bits per heavy atom. The first-order chi connectivity index (χ1) is 7.77. The van der Waals surface area contributed by atoms with Gasteiger partial charge in [0.1, 0.15) is 18.5 Å². The summed E-state index contributed by atoms with van der Waals surface area (Å²) in [5, 5.41) is 11.8. The summed E-state index contributed by atoms with van der Waals surface area (Å²) >= 11 is 4.90. The van der Waals surface area contributed by atoms with Crippen LogP contribution in [-0.2, 0) is 0 Å². The number of benzene rings is 1. The molecule has 0 aliphatic carbocycles. The van der Waals surface area contributed by atoms with Gasteiger partial charge in [0.2, 0.25) is 0 Å². The molecule has 1 unspecified atom stereocenters. The van der Waals surface area contributed by atoms with Gasteiger partial charge in [-0.1, -0.05) is 18.2 Å². The topological polar surface area (TPSA) is 29.5 Å². The first-order valence-corrected chi connectivity index (χ1v) is 6.53. The van der Waals surface area contributed by atoms with Crippen molar-refractivity contribution in [2.24, 2.45) is 0 Å². The molecule has 4 heteroatoms. The first kappa shape index (κ1) is 11.6. The number of hydrogen-bond acceptors (Lipinski definition) is 3. The quantitative estimate of drug-likeness (QED) is 0.934. The van der Waals surface area contributed by atoms with Crippen LogP contribution in [-0.4, -0.2) is 11.7 Å². The van der Waals surface area contributed by atoms with Gasteiger partial charge in [-0.05, 0) is 39.5 Å². The van der Waals surface area contributed by atoms with Crippen molar-refractivity contribution in [2.45, 2.75) is 6.10 Å². The van der Waals surface area contributed by atoms with Crippen molar-refractivity contribution in [1.82, 2.24) is 0 Å². The summed E-state index contributed by atoms with van der Waals surface area (Å²) in [5.74, 6) is 0.772. The minimum Gasteiger partial charge on any atom is -0.490 e. The molecule has 1 aromatic carbocycles. The van der Waals surface area contributed by atoms with Gasteiger partial charge >= 0.3 is 0 Å². The molecule has 0 aliphatic heterocycles. The molecular formula is C12H11BrO2S. The molecule has 0 bridgehead atoms. The van der Waals surface area contributed by atoms with E-state index in [-0.39, 0.29) is 6.61 Å². The molecule has 0 saturated heterocycles. The van der Waals surface area contributed by atoms with Crippen LogP contribution in [0, 0.1) is 0 Å². The van der Waals surface area contributed by atoms with Gasteiger partial charge in [0.15, 0.2) is 0 Å². The van der Waals surface area contributed by atoms with Crippen molar-refractivity contribution in [3.63, 3.8) is 0 Å². The number of para-hydroxylation sites is 1. The fraction of sp³-hybridized carbons (Fsp3) is 0.167. The number of halogens is 1. The van der Waals surface area contributed by atoms with Crippen LogP contribution in [0.1, 0.15) is 11.0 Å². The van der Waals surface area contributed by atoms with E-state index in [1.165, 1.54) is 11.3 Å². The molecule has 0 radical (unpaired) electrons. The highest BCUT2D eigenvalue weighted by atomic mass is 79.9. The van der Waals surface area contributed by atoms with Gasteiger partial charge in [-0.25, -0.2) is 0 Å². The highest BCUT2D eigenvalue weighted by molar-refractivity contribution is 9.10. The molecular weight excluding hydrogens is 288 g/mol. The lowest BCUT2D eigenvalue weighted by Gasteiger charge is -2.11. The zero-order valence-electron chi connectivity index (χ0n) is 8.47. The van der Waals surface area contributed by atoms with Crippen molar-refractivity contribution in [2.75, 3.05) is 6.61 Å². The number of rotatable bonds is 4. The summed E-state index contributed by atoms with van der Waals surface area (Å²) < 4.78 is 6.41. The summed E-state index contributed by atoms with van der Waals surface area (Å²) in [6.45, 7) is 0.267. The van der Waals surface area contributed by atoms with Gasteiger partial charge in [0.25, 0.3) is 0 Å². The lowest BCUT2D eigenvalue weighted by Crippen LogP contribution is -2.08. The molecule has 1 aromatic heterocycles. The summed E-state index contributed by atoms with van der Waals surface area (Å²) in [5.41, 5.74) is 0. The number of hydrogen-bond donors (Lipinski definition) is 1. The van der Waals surface area contributed by atoms with E-state index in [1.807, 2.05) is 41.8 Å². The molecule has 1 N–H and O–H groups in total. The molecule has 0 fully saturated rings. The van der Waals surface area contributed by atoms with Gasteiger partial charge in [0.05, 0.1) is 4.88 Å². The summed E-state index contributed by atoms with van der Waals surface area (Å²) in [6.07, 6.45) is -0.588. The number of thiophene rings is 1. The second-order valence-electron chi connectivity index (χ2n) is 3.27. The molecule has 0 aliphatic rings. The molecule has 0 saturated carbocycles. The van der Waals surface area contributed by atoms with Gasteiger partial charge in [-0.15, -0.1) is 11.3 Å². The molecule has 2 rings (SSSR count). The third kappa shape index (κ3) is 2.84. The minimum atomic E-state index is -0.588. The van der Waals surface area contributed by atoms with Gasteiger partial charge < -0.3 is 9.84 Å². The molecule has 2 nitrogen and oxygen atoms in total. The highest BCUT2D eigenvalue weighted by Gasteiger charge is 2.13. The number of aliphatic hydroxyl groups is 1. The van der Waals surface area contributed by atoms with E-state index in [1.54, 1.807) is 0 Å². The Hall–Kier alpha value is -0.840. The molecule has 1 heterocycles. The first-order valence-electron chi connectivity index (χ1n) is 4.86. The van der Waals surface area contributed by atoms with Crippen molar-refractivity contribution < 1.29 is 9.84 Å². The Morgan fingerprint density at radius 2 is 2.00 bits per heavy atom. The maximum atomic E-state index is 9.91. The molecule has 1 atom stereocenters. The molecule has 0 spiro atoms. The fourth-order valence-corrected chi connectivity index (χ4v) is 2.92. The van der Waals surface area contributed by atoms with E-state index < -0.39 is 6.10 Å². The van der Waals surface area contributed by atoms with Crippen LogP contribution >= 0.6 is 27.3 Å². The summed E-state index contributed by atoms with van der Waals surface area (Å²) in [7, 11) is 0. The largest absolute Gasteiger partial charge is 0.490 e. The molecule has 16 heavy (non-hydrogen) atoms. The summed E-state index contributed by atoms with van der Waals surface area (Å²) in [4.78, 5) is 0.899. The highest BCUT2D eigenvalue weighted by Crippen LogP contribution is 2.29. The van der Waals surface area contributed by atoms with E-state index in [0.717, 1.165) is 15.1 Å². The molecule has 0 amide bonds. The van der Waals surface area contributed by atoms with Crippen molar-refractivity contribution in [3.05, 3.63) is 51.1 Å². The van der Waals surface area contributed by atoms with Crippen LogP contribution in [0.4, 0.5) is 0 Å². The van der Waals surface area contributed by atoms with Crippen molar-refractivity contribution >= 4 is 27.3 Å². The minimum absolute atomic E-state index is 0.267. The van der Waals surface area contributed by atoms with E-state index in [2.05, 4.69) is 15.9 Å². The second kappa shape index (κ2) is 5.48. The average molecular weight is 299 g/mol. The van der Waals surface area contributed by atoms with Gasteiger partial charge in [-0.2, -0.15) is 0 Å². The Morgan fingerprint density at radius 3 is 2.62 bits per heavy atom. The predicted molar refractivity (Wildman–Crippen MR) is 68.9 cm³/mol. The van der Waals surface area contributed by atoms with Crippen LogP contribution in [0.15, 0.2) is 46.3 Å². The van der Waals surface area contributed by atoms with E-state index in [0.29, 0.717) is 0 Å². The van der Waals surface area contributed by atoms with Crippen LogP contribution in [0.2, 0.25) is 0 Å². The normalized spacial score (nSPS) is 12.4. The third-order valence-electron chi connectivity index (χ3n) is 2.10. The Labute approximate surface area is 107 Å². The second-order valence-corrected chi connectivity index (χ2v) is 5.07. The molecule has 2 aromatic rings. The summed E-state index contributed by atoms with van der Waals surface area (Å²) in [6, 6.07) is 11.4. The van der Waals surface area contributed by atoms with Crippen molar-refractivity contribution in [3.8, 4) is 5.75 Å². The monoisotopic (exact) mass is 298 g/mol. The maximum Gasteiger partial charge on any atom is 0.123 e. The average Bonchev–Trinajstić information content (AvgIpc) is 2.74. The van der Waals surface area contributed by atoms with Crippen LogP contribution in [0.5, 0.6) is 5.75 Å². The van der Waals surface area contributed by atoms with Crippen LogP contribution < -0.4 is 4.74 Å². The number of aliphatic hydroxyl groups excluding tert-OH is 1. The van der Waals surface area contributed by atoms with Crippen LogP contribution in [0.3, 0.4) is 0 Å². The lowest BCUT2D eigenvalue weighted by atomic mass is 10.3. The Kier molecular flexibility index (Phi) is 3.98. The smallest absolute Gasteiger partial charge is 0.123 e. The SMILES string of the molecule is OC(COc1ccccc1)c1sccc1Br. The lowest BCUT2D eigenvalue weighted by molar-refractivity contribution is 0.110. The fourth-order valence-electron chi connectivity index (χ4n) is 1.31. The maximum absolute atomic E-state index is 9.91. The van der Waals surface area contributed by atoms with Gasteiger partial charge in [-0.3, -0.25) is 0 Å². The standard InChI is InChI=1S/C12H11BrO2S/c13-10-6-7-16-12(10)11(14)8-15-9-4-2-1-3-5-9/h1-7,11,14H,8H2. The number of ether oxygens (including phenoxy) is 1. The van der Waals surface area contributed by atoms with E-state index >= 15 is 0 Å². The zero-order chi connectivity index (χ0) is 11.4. The zero-order valence-corrected chi connectivity index (χ0v) is 10.9. The van der Waals surface area contributed by atoms with Crippen LogP contribution in [0.25, 0.3) is 0 Å². The third-order valence-corrected chi connectivity index (χ3v) is 4.07. The van der Waals surface area contributed by atoms with E-state index in [4.69, 9.17) is 4.74 Å². The van der Waals surface area contributed by atoms with Crippen molar-refractivity contribution in [1.29, 1.82) is 0 Å². The van der Waals surface area contributed by atoms with E-state index in [9.17, 15) is 5.11 Å².